The van der Waals surface area contributed by atoms with Crippen molar-refractivity contribution >= 4 is 18.3 Å². The molecule has 1 aromatic heterocycles. The fourth-order valence-corrected chi connectivity index (χ4v) is 3.94. The molecule has 0 bridgehead atoms. The molecule has 5 rings (SSSR count). The van der Waals surface area contributed by atoms with Gasteiger partial charge in [-0.15, -0.1) is 5.41 Å². The van der Waals surface area contributed by atoms with Gasteiger partial charge >= 0.3 is 35.7 Å². The van der Waals surface area contributed by atoms with E-state index in [0.29, 0.717) is 11.6 Å². The number of aryl methyl sites for hydroxylation is 1. The fourth-order valence-electron chi connectivity index (χ4n) is 3.94. The minimum absolute atomic E-state index is 0. The van der Waals surface area contributed by atoms with Crippen LogP contribution in [0.4, 0.5) is 10.7 Å². The van der Waals surface area contributed by atoms with Gasteiger partial charge in [-0.3, -0.25) is 11.6 Å². The molecule has 0 radical (unpaired) electrons. The summed E-state index contributed by atoms with van der Waals surface area (Å²) in [5, 5.41) is 2.66. The molecule has 36 heavy (non-hydrogen) atoms. The molecule has 0 spiro atoms. The Morgan fingerprint density at radius 3 is 2.14 bits per heavy atom. The van der Waals surface area contributed by atoms with E-state index in [0.717, 1.165) is 40.7 Å². The zero-order chi connectivity index (χ0) is 23.5. The van der Waals surface area contributed by atoms with Gasteiger partial charge in [0.25, 0.3) is 0 Å². The Morgan fingerprint density at radius 1 is 0.972 bits per heavy atom. The van der Waals surface area contributed by atoms with E-state index in [1.807, 2.05) is 78.9 Å². The molecule has 1 heterocycles. The predicted molar refractivity (Wildman–Crippen MR) is 131 cm³/mol. The van der Waals surface area contributed by atoms with Crippen molar-refractivity contribution in [2.75, 3.05) is 5.32 Å². The number of aromatic nitrogens is 1. The van der Waals surface area contributed by atoms with E-state index in [4.69, 9.17) is 9.15 Å². The van der Waals surface area contributed by atoms with E-state index < -0.39 is 11.5 Å². The second-order valence-corrected chi connectivity index (χ2v) is 8.44. The summed E-state index contributed by atoms with van der Waals surface area (Å²) >= 11 is 0. The van der Waals surface area contributed by atoms with Crippen LogP contribution < -0.4 is 34.9 Å². The Hall–Kier alpha value is -3.23. The molecular formula is C28H24N2NaO5-. The molecule has 178 valence electrons. The molecule has 1 fully saturated rings. The third-order valence-electron chi connectivity index (χ3n) is 6.04. The van der Waals surface area contributed by atoms with E-state index in [2.05, 4.69) is 16.6 Å². The summed E-state index contributed by atoms with van der Waals surface area (Å²) < 4.78 is 10.9. The number of ether oxygens (including phenoxy) is 1. The molecule has 4 aromatic rings. The summed E-state index contributed by atoms with van der Waals surface area (Å²) in [5.74, 6) is 0.682. The second kappa shape index (κ2) is 11.7. The maximum absolute atomic E-state index is 12.3. The molecule has 3 aromatic carbocycles. The largest absolute Gasteiger partial charge is 1.00 e. The third kappa shape index (κ3) is 5.94. The molecule has 1 aliphatic rings. The Bertz CT molecular complexity index is 1310. The monoisotopic (exact) mass is 491 g/mol. The predicted octanol–water partition coefficient (Wildman–Crippen LogP) is 3.03. The molecule has 8 heteroatoms. The molecule has 0 aliphatic heterocycles. The summed E-state index contributed by atoms with van der Waals surface area (Å²) in [6.07, 6.45) is 3.32. The van der Waals surface area contributed by atoms with Crippen molar-refractivity contribution in [2.24, 2.45) is 0 Å². The Balaban J connectivity index is 0.00000180. The minimum Gasteiger partial charge on any atom is -0.870 e. The van der Waals surface area contributed by atoms with Crippen LogP contribution in [0.15, 0.2) is 83.3 Å². The molecule has 2 N–H and O–H groups in total. The van der Waals surface area contributed by atoms with Crippen molar-refractivity contribution < 1.29 is 53.8 Å². The first-order valence-electron chi connectivity index (χ1n) is 11.1. The molecule has 1 aliphatic carbocycles. The van der Waals surface area contributed by atoms with Crippen LogP contribution in [0.25, 0.3) is 22.4 Å². The first-order chi connectivity index (χ1) is 16.6. The van der Waals surface area contributed by atoms with Crippen LogP contribution in [0.2, 0.25) is 0 Å². The van der Waals surface area contributed by atoms with Gasteiger partial charge in [-0.2, -0.15) is 0 Å². The van der Waals surface area contributed by atoms with Gasteiger partial charge in [-0.1, -0.05) is 97.3 Å². The molecule has 0 atom stereocenters. The van der Waals surface area contributed by atoms with Gasteiger partial charge in [0.1, 0.15) is 12.3 Å². The second-order valence-electron chi connectivity index (χ2n) is 8.44. The average Bonchev–Trinajstić information content (AvgIpc) is 3.60. The standard InChI is InChI=1S/C28H23N2O4.Na.H2O/c1-19-29-25(26(34-19)30-27(32)33-17-20-5-3-2-4-6-20)23-9-7-21(8-10-23)22-11-13-24(14-12-22)28(18-31)15-16-28;;/h2-14H,15-17H2,1H3,(H,30,32);;1H2/q-1;+1;/p-1. The normalized spacial score (nSPS) is 13.0. The average molecular weight is 491 g/mol. The summed E-state index contributed by atoms with van der Waals surface area (Å²) in [4.78, 5) is 28.0. The maximum Gasteiger partial charge on any atom is 1.00 e. The number of amides is 1. The van der Waals surface area contributed by atoms with E-state index in [1.54, 1.807) is 6.92 Å². The van der Waals surface area contributed by atoms with Crippen LogP contribution in [0.3, 0.4) is 0 Å². The number of nitrogens with one attached hydrogen (secondary N) is 1. The summed E-state index contributed by atoms with van der Waals surface area (Å²) in [5.41, 5.74) is 4.96. The molecule has 1 amide bonds. The Labute approximate surface area is 231 Å². The minimum atomic E-state index is -0.612. The number of hydrogen-bond acceptors (Lipinski definition) is 6. The molecule has 0 saturated heterocycles. The van der Waals surface area contributed by atoms with Gasteiger partial charge in [0.05, 0.1) is 0 Å². The molecule has 7 nitrogen and oxygen atoms in total. The van der Waals surface area contributed by atoms with Gasteiger partial charge in [-0.25, -0.2) is 9.78 Å². The number of rotatable bonds is 7. The van der Waals surface area contributed by atoms with Crippen molar-refractivity contribution in [1.29, 1.82) is 0 Å². The Morgan fingerprint density at radius 2 is 1.56 bits per heavy atom. The van der Waals surface area contributed by atoms with E-state index in [1.165, 1.54) is 0 Å². The number of benzene rings is 3. The number of hydrogen-bond donors (Lipinski definition) is 1. The van der Waals surface area contributed by atoms with Crippen LogP contribution in [0.5, 0.6) is 0 Å². The van der Waals surface area contributed by atoms with Crippen molar-refractivity contribution in [3.05, 3.63) is 95.9 Å². The zero-order valence-corrected chi connectivity index (χ0v) is 22.2. The zero-order valence-electron chi connectivity index (χ0n) is 20.2. The van der Waals surface area contributed by atoms with Crippen LogP contribution in [0.1, 0.15) is 29.9 Å². The van der Waals surface area contributed by atoms with Crippen LogP contribution in [-0.4, -0.2) is 22.8 Å². The van der Waals surface area contributed by atoms with E-state index in [9.17, 15) is 9.59 Å². The van der Waals surface area contributed by atoms with Crippen LogP contribution in [0, 0.1) is 6.92 Å². The smallest absolute Gasteiger partial charge is 0.870 e. The quantitative estimate of drug-likeness (QED) is 0.314. The van der Waals surface area contributed by atoms with Crippen LogP contribution in [-0.2, 0) is 21.6 Å². The van der Waals surface area contributed by atoms with Crippen molar-refractivity contribution in [1.82, 2.24) is 4.98 Å². The van der Waals surface area contributed by atoms with Gasteiger partial charge in [0, 0.05) is 12.5 Å². The third-order valence-corrected chi connectivity index (χ3v) is 6.04. The molecule has 1 saturated carbocycles. The summed E-state index contributed by atoms with van der Waals surface area (Å²) in [7, 11) is 0. The summed E-state index contributed by atoms with van der Waals surface area (Å²) in [6.45, 7) is 1.89. The topological polar surface area (TPSA) is 111 Å². The number of oxazole rings is 1. The number of carbonyl (C=O) groups is 1. The first kappa shape index (κ1) is 27.4. The number of anilines is 1. The molecule has 0 unspecified atom stereocenters. The summed E-state index contributed by atoms with van der Waals surface area (Å²) in [6, 6.07) is 25.4. The molecular weight excluding hydrogens is 467 g/mol. The van der Waals surface area contributed by atoms with Crippen molar-refractivity contribution in [3.8, 4) is 22.4 Å². The van der Waals surface area contributed by atoms with Gasteiger partial charge in [0.2, 0.25) is 5.88 Å². The number of carbonyl (C=O) groups excluding carboxylic acids is 2. The van der Waals surface area contributed by atoms with Crippen molar-refractivity contribution in [3.63, 3.8) is 0 Å². The van der Waals surface area contributed by atoms with Gasteiger partial charge in [-0.05, 0) is 16.7 Å². The van der Waals surface area contributed by atoms with Crippen molar-refractivity contribution in [2.45, 2.75) is 31.8 Å². The van der Waals surface area contributed by atoms with E-state index >= 15 is 0 Å². The first-order valence-corrected chi connectivity index (χ1v) is 11.1. The van der Waals surface area contributed by atoms with E-state index in [-0.39, 0.29) is 47.5 Å². The Kier molecular flexibility index (Phi) is 8.87. The maximum atomic E-state index is 12.3. The SMILES string of the molecule is Cc1nc(-c2ccc(-c3ccc(C4([C-]=O)CC4)cc3)cc2)c(NC(=O)OCc2ccccc2)o1.[Na+].[OH-]. The van der Waals surface area contributed by atoms with Crippen LogP contribution >= 0.6 is 0 Å². The number of nitrogens with zero attached hydrogens (tertiary/aromatic N) is 1. The van der Waals surface area contributed by atoms with Gasteiger partial charge in [0.15, 0.2) is 5.89 Å². The fraction of sp³-hybridized carbons (Fsp3) is 0.179. The van der Waals surface area contributed by atoms with Gasteiger partial charge < -0.3 is 19.4 Å².